The van der Waals surface area contributed by atoms with Crippen LogP contribution >= 0.6 is 0 Å². The SMILES string of the molecule is CN(c1ccc(C#N)nc1)C1CCNCC1. The van der Waals surface area contributed by atoms with Crippen LogP contribution in [0.15, 0.2) is 18.3 Å². The van der Waals surface area contributed by atoms with Crippen molar-refractivity contribution in [3.63, 3.8) is 0 Å². The number of piperidine rings is 1. The molecule has 4 nitrogen and oxygen atoms in total. The number of nitrogens with zero attached hydrogens (tertiary/aromatic N) is 3. The molecule has 0 saturated carbocycles. The van der Waals surface area contributed by atoms with Gasteiger partial charge in [0.2, 0.25) is 0 Å². The molecule has 0 unspecified atom stereocenters. The summed E-state index contributed by atoms with van der Waals surface area (Å²) in [7, 11) is 2.10. The molecule has 1 N–H and O–H groups in total. The van der Waals surface area contributed by atoms with Crippen molar-refractivity contribution >= 4 is 5.69 Å². The molecule has 0 bridgehead atoms. The smallest absolute Gasteiger partial charge is 0.140 e. The summed E-state index contributed by atoms with van der Waals surface area (Å²) in [5.41, 5.74) is 1.56. The Balaban J connectivity index is 2.07. The minimum Gasteiger partial charge on any atom is -0.370 e. The Morgan fingerprint density at radius 3 is 2.75 bits per heavy atom. The summed E-state index contributed by atoms with van der Waals surface area (Å²) in [6, 6.07) is 6.35. The Bertz CT molecular complexity index is 373. The monoisotopic (exact) mass is 216 g/mol. The van der Waals surface area contributed by atoms with E-state index in [0.717, 1.165) is 31.6 Å². The van der Waals surface area contributed by atoms with Crippen molar-refractivity contribution in [3.8, 4) is 6.07 Å². The van der Waals surface area contributed by atoms with Crippen LogP contribution in [0.3, 0.4) is 0 Å². The van der Waals surface area contributed by atoms with Crippen molar-refractivity contribution in [2.75, 3.05) is 25.0 Å². The molecule has 84 valence electrons. The zero-order valence-electron chi connectivity index (χ0n) is 9.48. The van der Waals surface area contributed by atoms with Gasteiger partial charge in [-0.05, 0) is 38.1 Å². The minimum absolute atomic E-state index is 0.475. The maximum absolute atomic E-state index is 8.68. The topological polar surface area (TPSA) is 52.0 Å². The first-order valence-corrected chi connectivity index (χ1v) is 5.61. The third-order valence-corrected chi connectivity index (χ3v) is 3.13. The second kappa shape index (κ2) is 4.95. The van der Waals surface area contributed by atoms with Crippen LogP contribution in [-0.4, -0.2) is 31.2 Å². The van der Waals surface area contributed by atoms with Gasteiger partial charge >= 0.3 is 0 Å². The molecule has 0 atom stereocenters. The van der Waals surface area contributed by atoms with Crippen LogP contribution in [0.1, 0.15) is 18.5 Å². The fraction of sp³-hybridized carbons (Fsp3) is 0.500. The quantitative estimate of drug-likeness (QED) is 0.805. The van der Waals surface area contributed by atoms with Crippen molar-refractivity contribution in [1.29, 1.82) is 5.26 Å². The normalized spacial score (nSPS) is 16.8. The molecule has 1 fully saturated rings. The molecule has 2 rings (SSSR count). The fourth-order valence-electron chi connectivity index (χ4n) is 2.07. The Morgan fingerprint density at radius 1 is 1.44 bits per heavy atom. The number of aromatic nitrogens is 1. The molecule has 4 heteroatoms. The number of anilines is 1. The summed E-state index contributed by atoms with van der Waals surface area (Å²) in [6.45, 7) is 2.16. The average Bonchev–Trinajstić information content (AvgIpc) is 2.39. The summed E-state index contributed by atoms with van der Waals surface area (Å²) in [4.78, 5) is 6.35. The van der Waals surface area contributed by atoms with Gasteiger partial charge in [0.25, 0.3) is 0 Å². The maximum Gasteiger partial charge on any atom is 0.140 e. The molecular formula is C12H16N4. The summed E-state index contributed by atoms with van der Waals surface area (Å²) < 4.78 is 0. The molecule has 16 heavy (non-hydrogen) atoms. The highest BCUT2D eigenvalue weighted by Gasteiger charge is 2.17. The fourth-order valence-corrected chi connectivity index (χ4v) is 2.07. The van der Waals surface area contributed by atoms with Gasteiger partial charge in [-0.25, -0.2) is 4.98 Å². The van der Waals surface area contributed by atoms with Crippen LogP contribution in [-0.2, 0) is 0 Å². The molecule has 1 aliphatic heterocycles. The van der Waals surface area contributed by atoms with Crippen LogP contribution in [0, 0.1) is 11.3 Å². The molecule has 0 spiro atoms. The van der Waals surface area contributed by atoms with E-state index in [1.54, 1.807) is 12.3 Å². The maximum atomic E-state index is 8.68. The molecule has 1 aromatic rings. The van der Waals surface area contributed by atoms with Crippen molar-refractivity contribution in [3.05, 3.63) is 24.0 Å². The molecule has 2 heterocycles. The predicted octanol–water partition coefficient (Wildman–Crippen LogP) is 1.14. The molecule has 0 aliphatic carbocycles. The Labute approximate surface area is 95.9 Å². The van der Waals surface area contributed by atoms with Crippen molar-refractivity contribution in [2.45, 2.75) is 18.9 Å². The van der Waals surface area contributed by atoms with Crippen LogP contribution in [0.4, 0.5) is 5.69 Å². The highest BCUT2D eigenvalue weighted by atomic mass is 15.1. The van der Waals surface area contributed by atoms with Gasteiger partial charge in [-0.2, -0.15) is 5.26 Å². The van der Waals surface area contributed by atoms with E-state index >= 15 is 0 Å². The van der Waals surface area contributed by atoms with Gasteiger partial charge in [0.1, 0.15) is 11.8 Å². The minimum atomic E-state index is 0.475. The Hall–Kier alpha value is -1.60. The molecule has 1 saturated heterocycles. The average molecular weight is 216 g/mol. The summed E-state index contributed by atoms with van der Waals surface area (Å²) in [6.07, 6.45) is 4.10. The standard InChI is InChI=1S/C12H16N4/c1-16(11-4-6-14-7-5-11)12-3-2-10(8-13)15-9-12/h2-3,9,11,14H,4-7H2,1H3. The predicted molar refractivity (Wildman–Crippen MR) is 63.2 cm³/mol. The summed E-state index contributed by atoms with van der Waals surface area (Å²) in [5.74, 6) is 0. The van der Waals surface area contributed by atoms with E-state index in [9.17, 15) is 0 Å². The third kappa shape index (κ3) is 2.31. The third-order valence-electron chi connectivity index (χ3n) is 3.13. The largest absolute Gasteiger partial charge is 0.370 e. The van der Waals surface area contributed by atoms with E-state index in [1.807, 2.05) is 12.1 Å². The van der Waals surface area contributed by atoms with E-state index in [4.69, 9.17) is 5.26 Å². The first-order valence-electron chi connectivity index (χ1n) is 5.61. The molecule has 0 amide bonds. The zero-order valence-corrected chi connectivity index (χ0v) is 9.48. The lowest BCUT2D eigenvalue weighted by atomic mass is 10.1. The number of nitrogens with one attached hydrogen (secondary N) is 1. The molecule has 0 aromatic carbocycles. The van der Waals surface area contributed by atoms with E-state index in [-0.39, 0.29) is 0 Å². The highest BCUT2D eigenvalue weighted by Crippen LogP contribution is 2.18. The number of hydrogen-bond donors (Lipinski definition) is 1. The Kier molecular flexibility index (Phi) is 3.37. The number of rotatable bonds is 2. The summed E-state index contributed by atoms with van der Waals surface area (Å²) >= 11 is 0. The number of pyridine rings is 1. The van der Waals surface area contributed by atoms with Crippen molar-refractivity contribution < 1.29 is 0 Å². The first kappa shape index (κ1) is 10.9. The van der Waals surface area contributed by atoms with Crippen LogP contribution < -0.4 is 10.2 Å². The van der Waals surface area contributed by atoms with Gasteiger partial charge < -0.3 is 10.2 Å². The lowest BCUT2D eigenvalue weighted by Gasteiger charge is -2.33. The van der Waals surface area contributed by atoms with Gasteiger partial charge in [0, 0.05) is 13.1 Å². The second-order valence-electron chi connectivity index (χ2n) is 4.11. The van der Waals surface area contributed by atoms with E-state index in [0.29, 0.717) is 11.7 Å². The van der Waals surface area contributed by atoms with Crippen molar-refractivity contribution in [2.24, 2.45) is 0 Å². The molecule has 0 radical (unpaired) electrons. The summed E-state index contributed by atoms with van der Waals surface area (Å²) in [5, 5.41) is 12.0. The first-order chi connectivity index (χ1) is 7.81. The van der Waals surface area contributed by atoms with E-state index < -0.39 is 0 Å². The highest BCUT2D eigenvalue weighted by molar-refractivity contribution is 5.46. The van der Waals surface area contributed by atoms with Gasteiger partial charge in [-0.15, -0.1) is 0 Å². The van der Waals surface area contributed by atoms with Crippen LogP contribution in [0.5, 0.6) is 0 Å². The number of nitriles is 1. The lowest BCUT2D eigenvalue weighted by molar-refractivity contribution is 0.443. The molecule has 1 aliphatic rings. The van der Waals surface area contributed by atoms with E-state index in [1.165, 1.54) is 0 Å². The number of hydrogen-bond acceptors (Lipinski definition) is 4. The molecular weight excluding hydrogens is 200 g/mol. The van der Waals surface area contributed by atoms with Gasteiger partial charge in [0.05, 0.1) is 11.9 Å². The lowest BCUT2D eigenvalue weighted by Crippen LogP contribution is -2.41. The van der Waals surface area contributed by atoms with Gasteiger partial charge in [-0.1, -0.05) is 0 Å². The van der Waals surface area contributed by atoms with Gasteiger partial charge in [0.15, 0.2) is 0 Å². The molecule has 1 aromatic heterocycles. The van der Waals surface area contributed by atoms with Gasteiger partial charge in [-0.3, -0.25) is 0 Å². The Morgan fingerprint density at radius 2 is 2.19 bits per heavy atom. The zero-order chi connectivity index (χ0) is 11.4. The van der Waals surface area contributed by atoms with Crippen LogP contribution in [0.25, 0.3) is 0 Å². The van der Waals surface area contributed by atoms with E-state index in [2.05, 4.69) is 22.2 Å². The second-order valence-corrected chi connectivity index (χ2v) is 4.11. The van der Waals surface area contributed by atoms with Crippen molar-refractivity contribution in [1.82, 2.24) is 10.3 Å². The van der Waals surface area contributed by atoms with Crippen LogP contribution in [0.2, 0.25) is 0 Å².